The summed E-state index contributed by atoms with van der Waals surface area (Å²) in [6.45, 7) is 5.65. The van der Waals surface area contributed by atoms with Gasteiger partial charge in [-0.3, -0.25) is 9.59 Å². The molecule has 8 nitrogen and oxygen atoms in total. The van der Waals surface area contributed by atoms with Crippen LogP contribution in [0.5, 0.6) is 0 Å². The van der Waals surface area contributed by atoms with Crippen LogP contribution in [0, 0.1) is 13.8 Å². The molecule has 8 heteroatoms. The van der Waals surface area contributed by atoms with Gasteiger partial charge in [0.05, 0.1) is 0 Å². The molecule has 3 aromatic rings. The lowest BCUT2D eigenvalue weighted by Crippen LogP contribution is -2.15. The lowest BCUT2D eigenvalue weighted by molar-refractivity contribution is -0.116. The first-order valence-corrected chi connectivity index (χ1v) is 8.83. The number of carbonyl (C=O) groups is 2. The summed E-state index contributed by atoms with van der Waals surface area (Å²) in [4.78, 5) is 32.4. The second-order valence-electron chi connectivity index (χ2n) is 6.26. The van der Waals surface area contributed by atoms with Crippen molar-refractivity contribution < 1.29 is 9.59 Å². The van der Waals surface area contributed by atoms with Crippen LogP contribution in [-0.2, 0) is 16.0 Å². The maximum absolute atomic E-state index is 12.4. The van der Waals surface area contributed by atoms with Crippen LogP contribution in [0.1, 0.15) is 36.7 Å². The third-order valence-corrected chi connectivity index (χ3v) is 4.34. The Labute approximate surface area is 157 Å². The number of anilines is 2. The second kappa shape index (κ2) is 7.94. The van der Waals surface area contributed by atoms with Crippen molar-refractivity contribution >= 4 is 29.0 Å². The van der Waals surface area contributed by atoms with E-state index in [9.17, 15) is 9.59 Å². The largest absolute Gasteiger partial charge is 0.326 e. The fourth-order valence-corrected chi connectivity index (χ4v) is 2.90. The first-order valence-electron chi connectivity index (χ1n) is 8.83. The number of hydrogen-bond donors (Lipinski definition) is 2. The fraction of sp³-hybridized carbons (Fsp3) is 0.316. The Balaban J connectivity index is 1.65. The minimum Gasteiger partial charge on any atom is -0.326 e. The molecule has 0 radical (unpaired) electrons. The molecule has 2 amide bonds. The van der Waals surface area contributed by atoms with Gasteiger partial charge < -0.3 is 10.6 Å². The van der Waals surface area contributed by atoms with Crippen LogP contribution in [-0.4, -0.2) is 31.4 Å². The Morgan fingerprint density at radius 2 is 1.81 bits per heavy atom. The van der Waals surface area contributed by atoms with Gasteiger partial charge in [-0.2, -0.15) is 10.1 Å². The van der Waals surface area contributed by atoms with Gasteiger partial charge in [-0.15, -0.1) is 0 Å². The van der Waals surface area contributed by atoms with E-state index in [1.807, 2.05) is 13.8 Å². The molecule has 2 heterocycles. The predicted molar refractivity (Wildman–Crippen MR) is 103 cm³/mol. The fourth-order valence-electron chi connectivity index (χ4n) is 2.90. The SMILES string of the molecule is CCC(=O)Nc1cccc(NC(=O)CCc2c(C)nc3ncnn3c2C)c1. The van der Waals surface area contributed by atoms with Crippen molar-refractivity contribution in [2.75, 3.05) is 10.6 Å². The third-order valence-electron chi connectivity index (χ3n) is 4.34. The van der Waals surface area contributed by atoms with Gasteiger partial charge in [-0.25, -0.2) is 9.50 Å². The number of fused-ring (bicyclic) bond motifs is 1. The van der Waals surface area contributed by atoms with Crippen LogP contribution >= 0.6 is 0 Å². The lowest BCUT2D eigenvalue weighted by Gasteiger charge is -2.11. The van der Waals surface area contributed by atoms with Gasteiger partial charge in [-0.1, -0.05) is 13.0 Å². The van der Waals surface area contributed by atoms with Gasteiger partial charge in [0.25, 0.3) is 5.78 Å². The third kappa shape index (κ3) is 4.28. The highest BCUT2D eigenvalue weighted by atomic mass is 16.2. The monoisotopic (exact) mass is 366 g/mol. The molecule has 0 saturated carbocycles. The maximum atomic E-state index is 12.4. The lowest BCUT2D eigenvalue weighted by atomic mass is 10.1. The van der Waals surface area contributed by atoms with E-state index in [0.717, 1.165) is 17.0 Å². The van der Waals surface area contributed by atoms with Crippen molar-refractivity contribution in [1.82, 2.24) is 19.6 Å². The predicted octanol–water partition coefficient (Wildman–Crippen LogP) is 2.66. The number of nitrogens with one attached hydrogen (secondary N) is 2. The highest BCUT2D eigenvalue weighted by Gasteiger charge is 2.13. The van der Waals surface area contributed by atoms with E-state index >= 15 is 0 Å². The molecule has 2 aromatic heterocycles. The van der Waals surface area contributed by atoms with Crippen molar-refractivity contribution in [2.45, 2.75) is 40.0 Å². The molecular formula is C19H22N6O2. The zero-order valence-electron chi connectivity index (χ0n) is 15.6. The number of rotatable bonds is 6. The molecule has 0 aliphatic heterocycles. The van der Waals surface area contributed by atoms with Crippen LogP contribution in [0.3, 0.4) is 0 Å². The van der Waals surface area contributed by atoms with Crippen molar-refractivity contribution in [2.24, 2.45) is 0 Å². The van der Waals surface area contributed by atoms with Crippen LogP contribution in [0.2, 0.25) is 0 Å². The van der Waals surface area contributed by atoms with Gasteiger partial charge in [0.15, 0.2) is 0 Å². The molecule has 140 valence electrons. The molecule has 27 heavy (non-hydrogen) atoms. The van der Waals surface area contributed by atoms with E-state index in [4.69, 9.17) is 0 Å². The number of carbonyl (C=O) groups excluding carboxylic acids is 2. The van der Waals surface area contributed by atoms with Crippen LogP contribution in [0.25, 0.3) is 5.78 Å². The van der Waals surface area contributed by atoms with Crippen LogP contribution < -0.4 is 10.6 Å². The molecule has 0 aliphatic carbocycles. The number of aromatic nitrogens is 4. The summed E-state index contributed by atoms with van der Waals surface area (Å²) in [5, 5.41) is 9.81. The summed E-state index contributed by atoms with van der Waals surface area (Å²) >= 11 is 0. The molecule has 1 aromatic carbocycles. The summed E-state index contributed by atoms with van der Waals surface area (Å²) in [5.41, 5.74) is 4.09. The average Bonchev–Trinajstić information content (AvgIpc) is 3.10. The number of nitrogens with zero attached hydrogens (tertiary/aromatic N) is 4. The average molecular weight is 366 g/mol. The molecule has 0 aliphatic rings. The van der Waals surface area contributed by atoms with E-state index in [2.05, 4.69) is 25.7 Å². The van der Waals surface area contributed by atoms with E-state index < -0.39 is 0 Å². The highest BCUT2D eigenvalue weighted by Crippen LogP contribution is 2.18. The number of benzene rings is 1. The van der Waals surface area contributed by atoms with Gasteiger partial charge >= 0.3 is 0 Å². The smallest absolute Gasteiger partial charge is 0.252 e. The normalized spacial score (nSPS) is 10.8. The highest BCUT2D eigenvalue weighted by molar-refractivity contribution is 5.94. The minimum absolute atomic E-state index is 0.0690. The molecule has 0 fully saturated rings. The topological polar surface area (TPSA) is 101 Å². The van der Waals surface area contributed by atoms with Crippen LogP contribution in [0.15, 0.2) is 30.6 Å². The van der Waals surface area contributed by atoms with Gasteiger partial charge in [0.1, 0.15) is 6.33 Å². The maximum Gasteiger partial charge on any atom is 0.252 e. The van der Waals surface area contributed by atoms with Gasteiger partial charge in [-0.05, 0) is 44.0 Å². The standard InChI is InChI=1S/C19H22N6O2/c1-4-17(26)23-14-6-5-7-15(10-14)24-18(27)9-8-16-12(2)22-19-20-11-21-25(19)13(16)3/h5-7,10-11H,4,8-9H2,1-3H3,(H,23,26)(H,24,27). The Morgan fingerprint density at radius 3 is 2.52 bits per heavy atom. The Kier molecular flexibility index (Phi) is 5.44. The summed E-state index contributed by atoms with van der Waals surface area (Å²) < 4.78 is 1.68. The van der Waals surface area contributed by atoms with E-state index in [0.29, 0.717) is 36.4 Å². The number of hydrogen-bond acceptors (Lipinski definition) is 5. The van der Waals surface area contributed by atoms with E-state index in [1.165, 1.54) is 6.33 Å². The number of amides is 2. The zero-order chi connectivity index (χ0) is 19.4. The molecule has 0 atom stereocenters. The van der Waals surface area contributed by atoms with Crippen molar-refractivity contribution in [1.29, 1.82) is 0 Å². The second-order valence-corrected chi connectivity index (χ2v) is 6.26. The van der Waals surface area contributed by atoms with Crippen molar-refractivity contribution in [3.63, 3.8) is 0 Å². The van der Waals surface area contributed by atoms with Gasteiger partial charge in [0, 0.05) is 35.6 Å². The van der Waals surface area contributed by atoms with E-state index in [1.54, 1.807) is 35.7 Å². The first kappa shape index (κ1) is 18.5. The summed E-state index contributed by atoms with van der Waals surface area (Å²) in [6, 6.07) is 7.11. The molecule has 0 spiro atoms. The first-order chi connectivity index (χ1) is 13.0. The molecule has 0 saturated heterocycles. The Morgan fingerprint density at radius 1 is 1.11 bits per heavy atom. The summed E-state index contributed by atoms with van der Waals surface area (Å²) in [7, 11) is 0. The molecule has 0 unspecified atom stereocenters. The van der Waals surface area contributed by atoms with Crippen LogP contribution in [0.4, 0.5) is 11.4 Å². The molecular weight excluding hydrogens is 344 g/mol. The van der Waals surface area contributed by atoms with Gasteiger partial charge in [0.2, 0.25) is 11.8 Å². The molecule has 0 bridgehead atoms. The summed E-state index contributed by atoms with van der Waals surface area (Å²) in [6.07, 6.45) is 2.74. The quantitative estimate of drug-likeness (QED) is 0.698. The van der Waals surface area contributed by atoms with E-state index in [-0.39, 0.29) is 11.8 Å². The summed E-state index contributed by atoms with van der Waals surface area (Å²) in [5.74, 6) is 0.385. The van der Waals surface area contributed by atoms with Crippen molar-refractivity contribution in [3.05, 3.63) is 47.5 Å². The Hall–Kier alpha value is -3.29. The molecule has 3 rings (SSSR count). The minimum atomic E-state index is -0.105. The van der Waals surface area contributed by atoms with Crippen molar-refractivity contribution in [3.8, 4) is 0 Å². The zero-order valence-corrected chi connectivity index (χ0v) is 15.6. The number of aryl methyl sites for hydroxylation is 2. The Bertz CT molecular complexity index is 995. The molecule has 2 N–H and O–H groups in total.